The summed E-state index contributed by atoms with van der Waals surface area (Å²) in [6, 6.07) is 0.587. The van der Waals surface area contributed by atoms with Crippen LogP contribution in [-0.4, -0.2) is 56.5 Å². The van der Waals surface area contributed by atoms with Gasteiger partial charge < -0.3 is 19.5 Å². The van der Waals surface area contributed by atoms with E-state index in [-0.39, 0.29) is 5.60 Å². The van der Waals surface area contributed by atoms with E-state index in [1.54, 1.807) is 0 Å². The van der Waals surface area contributed by atoms with Crippen LogP contribution in [0.3, 0.4) is 0 Å². The van der Waals surface area contributed by atoms with E-state index >= 15 is 0 Å². The highest BCUT2D eigenvalue weighted by molar-refractivity contribution is 5.80. The Morgan fingerprint density at radius 2 is 1.88 bits per heavy atom. The Kier molecular flexibility index (Phi) is 5.32. The van der Waals surface area contributed by atoms with Gasteiger partial charge in [0, 0.05) is 26.2 Å². The average Bonchev–Trinajstić information content (AvgIpc) is 3.30. The maximum atomic E-state index is 6.14. The number of likely N-dealkylation sites (tertiary alicyclic amines) is 1. The molecule has 2 fully saturated rings. The van der Waals surface area contributed by atoms with E-state index < -0.39 is 0 Å². The van der Waals surface area contributed by atoms with Crippen molar-refractivity contribution in [1.29, 1.82) is 0 Å². The van der Waals surface area contributed by atoms with Crippen molar-refractivity contribution in [3.8, 4) is 0 Å². The first kappa shape index (κ1) is 18.2. The third kappa shape index (κ3) is 5.17. The molecule has 7 heteroatoms. The lowest BCUT2D eigenvalue weighted by Crippen LogP contribution is -2.48. The van der Waals surface area contributed by atoms with Gasteiger partial charge in [-0.05, 0) is 53.4 Å². The Bertz CT molecular complexity index is 606. The predicted molar refractivity (Wildman–Crippen MR) is 98.5 cm³/mol. The minimum absolute atomic E-state index is 0.0704. The van der Waals surface area contributed by atoms with Crippen molar-refractivity contribution in [3.05, 3.63) is 11.6 Å². The number of hydrogen-bond donors (Lipinski definition) is 1. The van der Waals surface area contributed by atoms with Crippen LogP contribution in [0.2, 0.25) is 0 Å². The van der Waals surface area contributed by atoms with E-state index in [2.05, 4.69) is 41.2 Å². The normalized spacial score (nSPS) is 20.2. The second-order valence-corrected chi connectivity index (χ2v) is 8.20. The maximum Gasteiger partial charge on any atom is 0.194 e. The Morgan fingerprint density at radius 1 is 1.20 bits per heavy atom. The van der Waals surface area contributed by atoms with Gasteiger partial charge in [0.05, 0.1) is 11.7 Å². The van der Waals surface area contributed by atoms with Gasteiger partial charge in [-0.15, -0.1) is 10.2 Å². The van der Waals surface area contributed by atoms with Gasteiger partial charge in [0.2, 0.25) is 0 Å². The molecule has 0 bridgehead atoms. The van der Waals surface area contributed by atoms with Crippen molar-refractivity contribution < 1.29 is 4.74 Å². The highest BCUT2D eigenvalue weighted by Gasteiger charge is 2.29. The molecule has 140 valence electrons. The third-order valence-electron chi connectivity index (χ3n) is 4.73. The molecule has 1 aliphatic carbocycles. The lowest BCUT2D eigenvalue weighted by atomic mass is 10.1. The molecule has 0 aromatic carbocycles. The Labute approximate surface area is 150 Å². The number of aromatic nitrogens is 3. The van der Waals surface area contributed by atoms with Gasteiger partial charge >= 0.3 is 0 Å². The first-order valence-electron chi connectivity index (χ1n) is 9.40. The molecule has 2 heterocycles. The highest BCUT2D eigenvalue weighted by Crippen LogP contribution is 2.22. The van der Waals surface area contributed by atoms with E-state index in [1.807, 2.05) is 18.5 Å². The smallest absolute Gasteiger partial charge is 0.194 e. The minimum atomic E-state index is -0.0704. The molecule has 2 aliphatic rings. The van der Waals surface area contributed by atoms with Gasteiger partial charge in [0.1, 0.15) is 12.4 Å². The SMILES string of the molecule is Cc1nnc(CN=C(NC2CC2)N2CCC(OC(C)(C)C)CC2)n1C. The molecule has 3 rings (SSSR count). The summed E-state index contributed by atoms with van der Waals surface area (Å²) in [5.41, 5.74) is -0.0704. The van der Waals surface area contributed by atoms with Gasteiger partial charge in [0.25, 0.3) is 0 Å². The molecular formula is C18H32N6O. The van der Waals surface area contributed by atoms with Crippen molar-refractivity contribution in [2.45, 2.75) is 77.7 Å². The number of aryl methyl sites for hydroxylation is 1. The van der Waals surface area contributed by atoms with Crippen LogP contribution in [0.1, 0.15) is 58.1 Å². The highest BCUT2D eigenvalue weighted by atomic mass is 16.5. The van der Waals surface area contributed by atoms with Crippen molar-refractivity contribution in [2.75, 3.05) is 13.1 Å². The fourth-order valence-corrected chi connectivity index (χ4v) is 3.07. The molecule has 0 amide bonds. The number of nitrogens with zero attached hydrogens (tertiary/aromatic N) is 5. The van der Waals surface area contributed by atoms with Crippen LogP contribution < -0.4 is 5.32 Å². The summed E-state index contributed by atoms with van der Waals surface area (Å²) in [5, 5.41) is 11.9. The molecule has 0 spiro atoms. The van der Waals surface area contributed by atoms with Crippen LogP contribution in [-0.2, 0) is 18.3 Å². The van der Waals surface area contributed by atoms with Gasteiger partial charge in [-0.25, -0.2) is 4.99 Å². The van der Waals surface area contributed by atoms with Crippen LogP contribution >= 0.6 is 0 Å². The molecular weight excluding hydrogens is 316 g/mol. The number of aliphatic imine (C=N–C) groups is 1. The van der Waals surface area contributed by atoms with E-state index in [9.17, 15) is 0 Å². The fraction of sp³-hybridized carbons (Fsp3) is 0.833. The zero-order valence-electron chi connectivity index (χ0n) is 16.2. The molecule has 0 radical (unpaired) electrons. The molecule has 1 N–H and O–H groups in total. The van der Waals surface area contributed by atoms with E-state index in [1.165, 1.54) is 12.8 Å². The number of rotatable bonds is 4. The van der Waals surface area contributed by atoms with Gasteiger partial charge in [-0.3, -0.25) is 0 Å². The largest absolute Gasteiger partial charge is 0.372 e. The molecule has 1 saturated heterocycles. The lowest BCUT2D eigenvalue weighted by Gasteiger charge is -2.37. The van der Waals surface area contributed by atoms with E-state index in [4.69, 9.17) is 9.73 Å². The lowest BCUT2D eigenvalue weighted by molar-refractivity contribution is -0.0773. The van der Waals surface area contributed by atoms with Crippen LogP contribution in [0.5, 0.6) is 0 Å². The summed E-state index contributed by atoms with van der Waals surface area (Å²) in [6.45, 7) is 10.9. The van der Waals surface area contributed by atoms with E-state index in [0.29, 0.717) is 18.7 Å². The van der Waals surface area contributed by atoms with Gasteiger partial charge in [0.15, 0.2) is 11.8 Å². The summed E-state index contributed by atoms with van der Waals surface area (Å²) in [5.74, 6) is 2.83. The molecule has 1 aromatic heterocycles. The average molecular weight is 348 g/mol. The molecule has 7 nitrogen and oxygen atoms in total. The number of nitrogens with one attached hydrogen (secondary N) is 1. The van der Waals surface area contributed by atoms with Crippen molar-refractivity contribution in [1.82, 2.24) is 25.0 Å². The standard InChI is InChI=1S/C18H32N6O/c1-13-21-22-16(23(13)5)12-19-17(20-14-6-7-14)24-10-8-15(9-11-24)25-18(2,3)4/h14-15H,6-12H2,1-5H3,(H,19,20). The molecule has 1 aromatic rings. The zero-order valence-corrected chi connectivity index (χ0v) is 16.2. The quantitative estimate of drug-likeness (QED) is 0.666. The Morgan fingerprint density at radius 3 is 2.40 bits per heavy atom. The first-order valence-corrected chi connectivity index (χ1v) is 9.40. The number of piperidine rings is 1. The Balaban J connectivity index is 1.61. The van der Waals surface area contributed by atoms with Crippen LogP contribution in [0.4, 0.5) is 0 Å². The summed E-state index contributed by atoms with van der Waals surface area (Å²) in [7, 11) is 1.99. The number of ether oxygens (including phenoxy) is 1. The maximum absolute atomic E-state index is 6.14. The Hall–Kier alpha value is -1.63. The number of hydrogen-bond acceptors (Lipinski definition) is 4. The number of guanidine groups is 1. The van der Waals surface area contributed by atoms with Crippen molar-refractivity contribution >= 4 is 5.96 Å². The van der Waals surface area contributed by atoms with Gasteiger partial charge in [-0.2, -0.15) is 0 Å². The zero-order chi connectivity index (χ0) is 18.0. The third-order valence-corrected chi connectivity index (χ3v) is 4.73. The topological polar surface area (TPSA) is 67.6 Å². The molecule has 0 unspecified atom stereocenters. The fourth-order valence-electron chi connectivity index (χ4n) is 3.07. The second kappa shape index (κ2) is 7.32. The molecule has 1 aliphatic heterocycles. The van der Waals surface area contributed by atoms with Crippen molar-refractivity contribution in [2.24, 2.45) is 12.0 Å². The van der Waals surface area contributed by atoms with Crippen molar-refractivity contribution in [3.63, 3.8) is 0 Å². The molecule has 25 heavy (non-hydrogen) atoms. The summed E-state index contributed by atoms with van der Waals surface area (Å²) >= 11 is 0. The van der Waals surface area contributed by atoms with Gasteiger partial charge in [-0.1, -0.05) is 0 Å². The van der Waals surface area contributed by atoms with Crippen LogP contribution in [0.15, 0.2) is 4.99 Å². The molecule has 1 saturated carbocycles. The monoisotopic (exact) mass is 348 g/mol. The first-order chi connectivity index (χ1) is 11.8. The van der Waals surface area contributed by atoms with Crippen LogP contribution in [0, 0.1) is 6.92 Å². The summed E-state index contributed by atoms with van der Waals surface area (Å²) in [6.07, 6.45) is 4.93. The van der Waals surface area contributed by atoms with Crippen LogP contribution in [0.25, 0.3) is 0 Å². The van der Waals surface area contributed by atoms with E-state index in [0.717, 1.165) is 43.5 Å². The minimum Gasteiger partial charge on any atom is -0.372 e. The summed E-state index contributed by atoms with van der Waals surface area (Å²) in [4.78, 5) is 7.20. The predicted octanol–water partition coefficient (Wildman–Crippen LogP) is 2.01. The summed E-state index contributed by atoms with van der Waals surface area (Å²) < 4.78 is 8.14. The second-order valence-electron chi connectivity index (χ2n) is 8.20. The molecule has 0 atom stereocenters.